The van der Waals surface area contributed by atoms with Crippen LogP contribution in [0.3, 0.4) is 0 Å². The Morgan fingerprint density at radius 2 is 2.06 bits per heavy atom. The summed E-state index contributed by atoms with van der Waals surface area (Å²) in [6.07, 6.45) is 7.16. The number of aryl methyl sites for hydroxylation is 1. The van der Waals surface area contributed by atoms with Crippen LogP contribution in [0.2, 0.25) is 0 Å². The molecule has 0 amide bonds. The Bertz CT molecular complexity index is 1330. The van der Waals surface area contributed by atoms with Crippen LogP contribution in [0, 0.1) is 17.1 Å². The number of pyridine rings is 1. The SMILES string of the molecule is CC[C@@H]1CN(c2c(F)c(=O)n(C)n3cc(CC#N)nc23)[C@@H](C)CN1C(C)c1ccc(C2CC2)cn1. The fourth-order valence-electron chi connectivity index (χ4n) is 5.37. The zero-order valence-electron chi connectivity index (χ0n) is 20.8. The van der Waals surface area contributed by atoms with Gasteiger partial charge in [0.15, 0.2) is 5.65 Å². The van der Waals surface area contributed by atoms with Gasteiger partial charge in [-0.2, -0.15) is 9.65 Å². The normalized spacial score (nSPS) is 21.9. The highest BCUT2D eigenvalue weighted by molar-refractivity contribution is 5.70. The third kappa shape index (κ3) is 4.10. The molecule has 0 spiro atoms. The molecular weight excluding hydrogens is 445 g/mol. The van der Waals surface area contributed by atoms with Gasteiger partial charge < -0.3 is 4.90 Å². The summed E-state index contributed by atoms with van der Waals surface area (Å²) in [5.41, 5.74) is 2.78. The molecule has 3 aromatic rings. The van der Waals surface area contributed by atoms with E-state index in [9.17, 15) is 4.79 Å². The summed E-state index contributed by atoms with van der Waals surface area (Å²) in [5, 5.41) is 9.11. The quantitative estimate of drug-likeness (QED) is 0.540. The van der Waals surface area contributed by atoms with Crippen LogP contribution in [-0.4, -0.2) is 49.2 Å². The molecule has 0 bridgehead atoms. The van der Waals surface area contributed by atoms with Crippen molar-refractivity contribution in [2.75, 3.05) is 18.0 Å². The van der Waals surface area contributed by atoms with Gasteiger partial charge in [0.05, 0.1) is 30.1 Å². The summed E-state index contributed by atoms with van der Waals surface area (Å²) in [6.45, 7) is 7.66. The second kappa shape index (κ2) is 9.08. The molecule has 5 rings (SSSR count). The highest BCUT2D eigenvalue weighted by Crippen LogP contribution is 2.40. The zero-order valence-corrected chi connectivity index (χ0v) is 20.8. The number of nitriles is 1. The minimum absolute atomic E-state index is 0.0486. The lowest BCUT2D eigenvalue weighted by molar-refractivity contribution is 0.103. The van der Waals surface area contributed by atoms with Crippen molar-refractivity contribution in [3.8, 4) is 6.07 Å². The molecule has 0 N–H and O–H groups in total. The number of piperazine rings is 1. The molecule has 0 aromatic carbocycles. The van der Waals surface area contributed by atoms with Crippen LogP contribution in [0.15, 0.2) is 29.3 Å². The predicted octanol–water partition coefficient (Wildman–Crippen LogP) is 3.56. The van der Waals surface area contributed by atoms with Crippen molar-refractivity contribution < 1.29 is 4.39 Å². The largest absolute Gasteiger partial charge is 0.360 e. The number of fused-ring (bicyclic) bond motifs is 1. The summed E-state index contributed by atoms with van der Waals surface area (Å²) in [5.74, 6) is -0.116. The summed E-state index contributed by atoms with van der Waals surface area (Å²) in [4.78, 5) is 26.5. The van der Waals surface area contributed by atoms with Gasteiger partial charge in [-0.3, -0.25) is 14.7 Å². The van der Waals surface area contributed by atoms with E-state index in [2.05, 4.69) is 48.9 Å². The number of hydrogen-bond acceptors (Lipinski definition) is 6. The Morgan fingerprint density at radius 3 is 2.69 bits per heavy atom. The lowest BCUT2D eigenvalue weighted by atomic mass is 10.00. The molecule has 3 atom stereocenters. The van der Waals surface area contributed by atoms with Crippen LogP contribution in [0.25, 0.3) is 5.65 Å². The smallest absolute Gasteiger partial charge is 0.303 e. The Labute approximate surface area is 204 Å². The number of anilines is 1. The number of rotatable bonds is 6. The minimum Gasteiger partial charge on any atom is -0.360 e. The van der Waals surface area contributed by atoms with Crippen molar-refractivity contribution in [3.63, 3.8) is 0 Å². The van der Waals surface area contributed by atoms with Gasteiger partial charge in [0.1, 0.15) is 5.69 Å². The monoisotopic (exact) mass is 477 g/mol. The molecule has 2 fully saturated rings. The fourth-order valence-corrected chi connectivity index (χ4v) is 5.37. The molecular formula is C26H32FN7O. The molecule has 1 saturated carbocycles. The average molecular weight is 478 g/mol. The molecule has 1 aliphatic carbocycles. The van der Waals surface area contributed by atoms with Gasteiger partial charge in [-0.25, -0.2) is 14.2 Å². The van der Waals surface area contributed by atoms with Gasteiger partial charge in [0.2, 0.25) is 5.82 Å². The van der Waals surface area contributed by atoms with Crippen LogP contribution in [0.4, 0.5) is 10.1 Å². The van der Waals surface area contributed by atoms with Gasteiger partial charge >= 0.3 is 5.56 Å². The summed E-state index contributed by atoms with van der Waals surface area (Å²) in [6, 6.07) is 6.67. The number of nitrogens with zero attached hydrogens (tertiary/aromatic N) is 7. The maximum absolute atomic E-state index is 15.5. The predicted molar refractivity (Wildman–Crippen MR) is 132 cm³/mol. The topological polar surface area (TPSA) is 82.5 Å². The number of aromatic nitrogens is 4. The van der Waals surface area contributed by atoms with E-state index >= 15 is 4.39 Å². The summed E-state index contributed by atoms with van der Waals surface area (Å²) in [7, 11) is 1.51. The van der Waals surface area contributed by atoms with Crippen LogP contribution < -0.4 is 10.5 Å². The fraction of sp³-hybridized carbons (Fsp3) is 0.538. The summed E-state index contributed by atoms with van der Waals surface area (Å²) < 4.78 is 18.3. The van der Waals surface area contributed by atoms with Crippen molar-refractivity contribution in [3.05, 3.63) is 57.6 Å². The number of hydrogen-bond donors (Lipinski definition) is 0. The highest BCUT2D eigenvalue weighted by Gasteiger charge is 2.37. The van der Waals surface area contributed by atoms with Crippen LogP contribution in [0.5, 0.6) is 0 Å². The molecule has 184 valence electrons. The van der Waals surface area contributed by atoms with E-state index in [1.807, 2.05) is 11.1 Å². The molecule has 1 unspecified atom stereocenters. The van der Waals surface area contributed by atoms with Crippen molar-refractivity contribution in [2.24, 2.45) is 7.05 Å². The first kappa shape index (κ1) is 23.5. The molecule has 0 radical (unpaired) electrons. The molecule has 1 aliphatic heterocycles. The third-order valence-electron chi connectivity index (χ3n) is 7.65. The zero-order chi connectivity index (χ0) is 24.9. The standard InChI is InChI=1S/C26H32FN7O/c1-5-21-15-32(24-23(27)26(35)31(4)34-14-20(10-11-28)30-25(24)34)16(2)13-33(21)17(3)22-9-8-19(12-29-22)18-6-7-18/h8-9,12,14,16-18,21H,5-7,10,13,15H2,1-4H3/t16-,17?,21+/m0/s1. The molecule has 9 heteroatoms. The summed E-state index contributed by atoms with van der Waals surface area (Å²) >= 11 is 0. The van der Waals surface area contributed by atoms with Crippen LogP contribution in [-0.2, 0) is 13.5 Å². The first-order chi connectivity index (χ1) is 16.8. The Morgan fingerprint density at radius 1 is 1.29 bits per heavy atom. The van der Waals surface area contributed by atoms with Crippen molar-refractivity contribution in [1.29, 1.82) is 5.26 Å². The lowest BCUT2D eigenvalue weighted by Crippen LogP contribution is -2.58. The number of imidazole rings is 1. The van der Waals surface area contributed by atoms with Crippen molar-refractivity contribution in [2.45, 2.75) is 70.5 Å². The van der Waals surface area contributed by atoms with Gasteiger partial charge in [0.25, 0.3) is 0 Å². The maximum Gasteiger partial charge on any atom is 0.303 e. The first-order valence-corrected chi connectivity index (χ1v) is 12.5. The van der Waals surface area contributed by atoms with Crippen molar-refractivity contribution >= 4 is 11.3 Å². The highest BCUT2D eigenvalue weighted by atomic mass is 19.1. The lowest BCUT2D eigenvalue weighted by Gasteiger charge is -2.48. The number of halogens is 1. The Kier molecular flexibility index (Phi) is 6.09. The average Bonchev–Trinajstić information content (AvgIpc) is 3.63. The molecule has 4 heterocycles. The molecule has 1 saturated heterocycles. The molecule has 3 aromatic heterocycles. The van der Waals surface area contributed by atoms with E-state index in [1.165, 1.54) is 30.1 Å². The molecule has 35 heavy (non-hydrogen) atoms. The van der Waals surface area contributed by atoms with Gasteiger partial charge in [-0.15, -0.1) is 0 Å². The third-order valence-corrected chi connectivity index (χ3v) is 7.65. The van der Waals surface area contributed by atoms with Crippen molar-refractivity contribution in [1.82, 2.24) is 24.1 Å². The van der Waals surface area contributed by atoms with E-state index in [-0.39, 0.29) is 30.2 Å². The van der Waals surface area contributed by atoms with E-state index in [1.54, 1.807) is 10.7 Å². The molecule has 8 nitrogen and oxygen atoms in total. The van der Waals surface area contributed by atoms with E-state index in [0.29, 0.717) is 30.3 Å². The Hall–Kier alpha value is -3.25. The van der Waals surface area contributed by atoms with E-state index < -0.39 is 11.4 Å². The Balaban J connectivity index is 1.47. The van der Waals surface area contributed by atoms with Gasteiger partial charge in [-0.05, 0) is 50.7 Å². The van der Waals surface area contributed by atoms with Gasteiger partial charge in [-0.1, -0.05) is 13.0 Å². The minimum atomic E-state index is -0.797. The first-order valence-electron chi connectivity index (χ1n) is 12.5. The van der Waals surface area contributed by atoms with E-state index in [0.717, 1.165) is 12.1 Å². The van der Waals surface area contributed by atoms with Crippen LogP contribution >= 0.6 is 0 Å². The van der Waals surface area contributed by atoms with Crippen LogP contribution in [0.1, 0.15) is 68.9 Å². The van der Waals surface area contributed by atoms with Gasteiger partial charge in [0, 0.05) is 44.5 Å². The molecule has 2 aliphatic rings. The second-order valence-corrected chi connectivity index (χ2v) is 9.95. The second-order valence-electron chi connectivity index (χ2n) is 9.95. The van der Waals surface area contributed by atoms with E-state index in [4.69, 9.17) is 10.2 Å². The maximum atomic E-state index is 15.5.